The first-order valence-electron chi connectivity index (χ1n) is 3.70. The SMILES string of the molecule is CC(=O)/C=C/c1cn[nH]c1C(F)(F)F. The Kier molecular flexibility index (Phi) is 2.73. The van der Waals surface area contributed by atoms with Crippen LogP contribution in [-0.4, -0.2) is 16.0 Å². The summed E-state index contributed by atoms with van der Waals surface area (Å²) in [5, 5.41) is 5.09. The van der Waals surface area contributed by atoms with E-state index in [4.69, 9.17) is 0 Å². The zero-order chi connectivity index (χ0) is 10.8. The van der Waals surface area contributed by atoms with Crippen molar-refractivity contribution < 1.29 is 18.0 Å². The number of halogens is 3. The molecule has 3 nitrogen and oxygen atoms in total. The second-order valence-electron chi connectivity index (χ2n) is 2.64. The molecule has 0 aliphatic heterocycles. The fourth-order valence-corrected chi connectivity index (χ4v) is 0.856. The van der Waals surface area contributed by atoms with Crippen LogP contribution >= 0.6 is 0 Å². The van der Waals surface area contributed by atoms with Crippen LogP contribution in [0, 0.1) is 0 Å². The lowest BCUT2D eigenvalue weighted by atomic mass is 10.2. The van der Waals surface area contributed by atoms with Gasteiger partial charge in [0, 0.05) is 5.56 Å². The van der Waals surface area contributed by atoms with Crippen molar-refractivity contribution in [2.24, 2.45) is 0 Å². The van der Waals surface area contributed by atoms with E-state index in [2.05, 4.69) is 5.10 Å². The molecule has 0 radical (unpaired) electrons. The predicted octanol–water partition coefficient (Wildman–Crippen LogP) is 2.03. The maximum atomic E-state index is 12.2. The number of aromatic nitrogens is 2. The monoisotopic (exact) mass is 204 g/mol. The van der Waals surface area contributed by atoms with E-state index in [0.29, 0.717) is 0 Å². The first-order chi connectivity index (χ1) is 6.41. The van der Waals surface area contributed by atoms with E-state index >= 15 is 0 Å². The predicted molar refractivity (Wildman–Crippen MR) is 43.3 cm³/mol. The van der Waals surface area contributed by atoms with Gasteiger partial charge in [0.25, 0.3) is 0 Å². The van der Waals surface area contributed by atoms with Crippen LogP contribution in [0.5, 0.6) is 0 Å². The molecule has 14 heavy (non-hydrogen) atoms. The number of hydrogen-bond acceptors (Lipinski definition) is 2. The summed E-state index contributed by atoms with van der Waals surface area (Å²) in [6.45, 7) is 1.25. The van der Waals surface area contributed by atoms with E-state index in [1.54, 1.807) is 0 Å². The third kappa shape index (κ3) is 2.45. The number of allylic oxidation sites excluding steroid dienone is 1. The van der Waals surface area contributed by atoms with Crippen molar-refractivity contribution in [1.29, 1.82) is 0 Å². The lowest BCUT2D eigenvalue weighted by Crippen LogP contribution is -2.07. The van der Waals surface area contributed by atoms with Crippen LogP contribution in [0.4, 0.5) is 13.2 Å². The van der Waals surface area contributed by atoms with Gasteiger partial charge >= 0.3 is 6.18 Å². The minimum atomic E-state index is -4.48. The summed E-state index contributed by atoms with van der Waals surface area (Å²) in [4.78, 5) is 10.5. The Balaban J connectivity index is 3.00. The smallest absolute Gasteiger partial charge is 0.295 e. The lowest BCUT2D eigenvalue weighted by molar-refractivity contribution is -0.141. The van der Waals surface area contributed by atoms with Crippen LogP contribution in [-0.2, 0) is 11.0 Å². The number of hydrogen-bond donors (Lipinski definition) is 1. The number of carbonyl (C=O) groups is 1. The molecule has 0 aromatic carbocycles. The Morgan fingerprint density at radius 1 is 1.57 bits per heavy atom. The van der Waals surface area contributed by atoms with Crippen molar-refractivity contribution in [3.05, 3.63) is 23.5 Å². The number of aromatic amines is 1. The third-order valence-corrected chi connectivity index (χ3v) is 1.45. The molecular formula is C8H7F3N2O. The summed E-state index contributed by atoms with van der Waals surface area (Å²) in [6, 6.07) is 0. The quantitative estimate of drug-likeness (QED) is 0.749. The zero-order valence-electron chi connectivity index (χ0n) is 7.22. The molecule has 0 aliphatic rings. The highest BCUT2D eigenvalue weighted by molar-refractivity contribution is 5.91. The fraction of sp³-hybridized carbons (Fsp3) is 0.250. The Hall–Kier alpha value is -1.59. The molecule has 0 fully saturated rings. The molecule has 0 saturated carbocycles. The van der Waals surface area contributed by atoms with Crippen molar-refractivity contribution in [3.63, 3.8) is 0 Å². The maximum Gasteiger partial charge on any atom is 0.433 e. The largest absolute Gasteiger partial charge is 0.433 e. The van der Waals surface area contributed by atoms with Crippen LogP contribution in [0.15, 0.2) is 12.3 Å². The summed E-state index contributed by atoms with van der Waals surface area (Å²) in [5.74, 6) is -0.320. The second kappa shape index (κ2) is 3.65. The van der Waals surface area contributed by atoms with Gasteiger partial charge in [0.05, 0.1) is 6.20 Å². The minimum Gasteiger partial charge on any atom is -0.295 e. The average Bonchev–Trinajstić information content (AvgIpc) is 2.46. The molecule has 0 spiro atoms. The molecule has 0 bridgehead atoms. The number of nitrogens with zero attached hydrogens (tertiary/aromatic N) is 1. The molecule has 0 unspecified atom stereocenters. The van der Waals surface area contributed by atoms with Gasteiger partial charge in [-0.2, -0.15) is 18.3 Å². The molecule has 1 aromatic rings. The number of nitrogens with one attached hydrogen (secondary N) is 1. The van der Waals surface area contributed by atoms with E-state index in [0.717, 1.165) is 18.3 Å². The number of ketones is 1. The molecule has 76 valence electrons. The Morgan fingerprint density at radius 3 is 2.71 bits per heavy atom. The normalized spacial score (nSPS) is 12.3. The van der Waals surface area contributed by atoms with Crippen LogP contribution in [0.1, 0.15) is 18.2 Å². The van der Waals surface area contributed by atoms with Crippen LogP contribution < -0.4 is 0 Å². The molecular weight excluding hydrogens is 197 g/mol. The van der Waals surface area contributed by atoms with E-state index in [9.17, 15) is 18.0 Å². The van der Waals surface area contributed by atoms with Gasteiger partial charge in [-0.25, -0.2) is 0 Å². The highest BCUT2D eigenvalue weighted by Gasteiger charge is 2.34. The van der Waals surface area contributed by atoms with Crippen molar-refractivity contribution in [2.75, 3.05) is 0 Å². The number of alkyl halides is 3. The van der Waals surface area contributed by atoms with E-state index in [1.807, 2.05) is 5.10 Å². The van der Waals surface area contributed by atoms with Crippen molar-refractivity contribution in [3.8, 4) is 0 Å². The summed E-state index contributed by atoms with van der Waals surface area (Å²) >= 11 is 0. The van der Waals surface area contributed by atoms with Gasteiger partial charge in [0.15, 0.2) is 5.78 Å². The van der Waals surface area contributed by atoms with E-state index in [1.165, 1.54) is 6.92 Å². The van der Waals surface area contributed by atoms with Crippen molar-refractivity contribution >= 4 is 11.9 Å². The third-order valence-electron chi connectivity index (χ3n) is 1.45. The summed E-state index contributed by atoms with van der Waals surface area (Å²) in [5.41, 5.74) is -1.09. The standard InChI is InChI=1S/C8H7F3N2O/c1-5(14)2-3-6-4-12-13-7(6)8(9,10)11/h2-4H,1H3,(H,12,13)/b3-2+. The van der Waals surface area contributed by atoms with Gasteiger partial charge in [0.2, 0.25) is 0 Å². The van der Waals surface area contributed by atoms with Crippen molar-refractivity contribution in [2.45, 2.75) is 13.1 Å². The molecule has 1 rings (SSSR count). The van der Waals surface area contributed by atoms with Gasteiger partial charge in [-0.1, -0.05) is 0 Å². The highest BCUT2D eigenvalue weighted by atomic mass is 19.4. The first kappa shape index (κ1) is 10.5. The zero-order valence-corrected chi connectivity index (χ0v) is 7.22. The van der Waals surface area contributed by atoms with Gasteiger partial charge in [-0.05, 0) is 19.1 Å². The van der Waals surface area contributed by atoms with Gasteiger partial charge < -0.3 is 0 Å². The summed E-state index contributed by atoms with van der Waals surface area (Å²) in [7, 11) is 0. The Morgan fingerprint density at radius 2 is 2.21 bits per heavy atom. The molecule has 0 atom stereocenters. The molecule has 0 amide bonds. The Labute approximate surface area is 77.6 Å². The maximum absolute atomic E-state index is 12.2. The number of carbonyl (C=O) groups excluding carboxylic acids is 1. The highest BCUT2D eigenvalue weighted by Crippen LogP contribution is 2.30. The van der Waals surface area contributed by atoms with E-state index < -0.39 is 11.9 Å². The first-order valence-corrected chi connectivity index (χ1v) is 3.70. The summed E-state index contributed by atoms with van der Waals surface area (Å²) < 4.78 is 36.6. The molecule has 0 saturated heterocycles. The van der Waals surface area contributed by atoms with Gasteiger partial charge in [-0.3, -0.25) is 9.89 Å². The molecule has 1 heterocycles. The van der Waals surface area contributed by atoms with E-state index in [-0.39, 0.29) is 11.3 Å². The minimum absolute atomic E-state index is 0.146. The Bertz CT molecular complexity index is 365. The van der Waals surface area contributed by atoms with Gasteiger partial charge in [0.1, 0.15) is 5.69 Å². The lowest BCUT2D eigenvalue weighted by Gasteiger charge is -2.03. The van der Waals surface area contributed by atoms with Crippen LogP contribution in [0.2, 0.25) is 0 Å². The topological polar surface area (TPSA) is 45.8 Å². The van der Waals surface area contributed by atoms with Crippen LogP contribution in [0.25, 0.3) is 6.08 Å². The van der Waals surface area contributed by atoms with Crippen molar-refractivity contribution in [1.82, 2.24) is 10.2 Å². The number of rotatable bonds is 2. The molecule has 6 heteroatoms. The average molecular weight is 204 g/mol. The summed E-state index contributed by atoms with van der Waals surface area (Å²) in [6.07, 6.45) is -1.33. The molecule has 0 aliphatic carbocycles. The second-order valence-corrected chi connectivity index (χ2v) is 2.64. The van der Waals surface area contributed by atoms with Gasteiger partial charge in [-0.15, -0.1) is 0 Å². The molecule has 1 N–H and O–H groups in total. The van der Waals surface area contributed by atoms with Crippen LogP contribution in [0.3, 0.4) is 0 Å². The molecule has 1 aromatic heterocycles. The fourth-order valence-electron chi connectivity index (χ4n) is 0.856. The number of H-pyrrole nitrogens is 1.